The zero-order valence-electron chi connectivity index (χ0n) is 31.8. The second-order valence-corrected chi connectivity index (χ2v) is 15.7. The number of hydrogen-bond donors (Lipinski definition) is 0. The average molecular weight is 771 g/mol. The van der Waals surface area contributed by atoms with Crippen molar-refractivity contribution in [3.05, 3.63) is 207 Å². The second kappa shape index (κ2) is 14.8. The molecular weight excluding hydrogens is 737 g/mol. The molecular formula is C54H34N4S. The zero-order chi connectivity index (χ0) is 39.1. The van der Waals surface area contributed by atoms with E-state index in [4.69, 9.17) is 19.9 Å². The molecule has 0 radical (unpaired) electrons. The molecule has 1 aliphatic heterocycles. The number of benzene rings is 8. The van der Waals surface area contributed by atoms with Crippen LogP contribution in [-0.4, -0.2) is 19.9 Å². The van der Waals surface area contributed by atoms with E-state index in [0.29, 0.717) is 11.6 Å². The Bertz CT molecular complexity index is 3160. The molecule has 0 aliphatic carbocycles. The maximum atomic E-state index is 4.81. The molecule has 2 aromatic heterocycles. The van der Waals surface area contributed by atoms with Gasteiger partial charge in [-0.3, -0.25) is 0 Å². The third-order valence-electron chi connectivity index (χ3n) is 11.1. The molecule has 276 valence electrons. The Balaban J connectivity index is 1.14. The molecule has 11 rings (SSSR count). The summed E-state index contributed by atoms with van der Waals surface area (Å²) in [6.07, 6.45) is 7.76. The van der Waals surface area contributed by atoms with E-state index in [-0.39, 0.29) is 0 Å². The SMILES string of the molecule is c1ccc(-c2ncc(-c3ccc4c(c3)-c3ccccc3Sc3c(ccc5ccccc35)-c3cc(-c5cnc(-c6ccccc6)nc5)ccc3-c3ccccc3-4)cn2)cc1. The van der Waals surface area contributed by atoms with E-state index >= 15 is 0 Å². The van der Waals surface area contributed by atoms with Crippen molar-refractivity contribution in [2.45, 2.75) is 9.79 Å². The molecule has 0 fully saturated rings. The van der Waals surface area contributed by atoms with Crippen LogP contribution in [0.5, 0.6) is 0 Å². The van der Waals surface area contributed by atoms with Crippen molar-refractivity contribution < 1.29 is 0 Å². The van der Waals surface area contributed by atoms with Crippen LogP contribution in [0.3, 0.4) is 0 Å². The van der Waals surface area contributed by atoms with E-state index in [0.717, 1.165) is 61.2 Å². The molecule has 0 unspecified atom stereocenters. The summed E-state index contributed by atoms with van der Waals surface area (Å²) >= 11 is 1.84. The van der Waals surface area contributed by atoms with E-state index in [1.165, 1.54) is 37.3 Å². The molecule has 1 aliphatic rings. The minimum Gasteiger partial charge on any atom is -0.236 e. The lowest BCUT2D eigenvalue weighted by molar-refractivity contribution is 1.18. The monoisotopic (exact) mass is 770 g/mol. The molecule has 0 spiro atoms. The van der Waals surface area contributed by atoms with Gasteiger partial charge in [0.2, 0.25) is 0 Å². The first kappa shape index (κ1) is 34.8. The fraction of sp³-hybridized carbons (Fsp3) is 0. The maximum absolute atomic E-state index is 4.81. The van der Waals surface area contributed by atoms with Crippen molar-refractivity contribution in [1.82, 2.24) is 19.9 Å². The molecule has 0 saturated heterocycles. The van der Waals surface area contributed by atoms with Gasteiger partial charge in [0.1, 0.15) is 0 Å². The van der Waals surface area contributed by atoms with Gasteiger partial charge in [-0.15, -0.1) is 0 Å². The standard InChI is InChI=1S/C54H34N4S/c1-3-14-36(15-4-1)53-55-31-40(32-56-53)38-24-26-45-43-19-9-10-20-44(43)46-27-25-39(41-33-57-54(58-34-41)37-16-5-2-6-17-37)30-50(46)48-28-23-35-13-7-8-18-42(35)52(48)59-51-22-12-11-21-47(51)49(45)29-38/h1-34H. The van der Waals surface area contributed by atoms with Crippen LogP contribution in [0.4, 0.5) is 0 Å². The highest BCUT2D eigenvalue weighted by atomic mass is 32.2. The van der Waals surface area contributed by atoms with Gasteiger partial charge in [0, 0.05) is 56.8 Å². The summed E-state index contributed by atoms with van der Waals surface area (Å²) in [5.41, 5.74) is 15.4. The first-order chi connectivity index (χ1) is 29.2. The number of nitrogens with zero attached hydrogens (tertiary/aromatic N) is 4. The summed E-state index contributed by atoms with van der Waals surface area (Å²) in [7, 11) is 0. The van der Waals surface area contributed by atoms with Gasteiger partial charge in [0.25, 0.3) is 0 Å². The smallest absolute Gasteiger partial charge is 0.159 e. The molecule has 0 bridgehead atoms. The van der Waals surface area contributed by atoms with Gasteiger partial charge in [-0.25, -0.2) is 19.9 Å². The lowest BCUT2D eigenvalue weighted by atomic mass is 9.84. The van der Waals surface area contributed by atoms with Crippen molar-refractivity contribution in [3.8, 4) is 89.5 Å². The fourth-order valence-electron chi connectivity index (χ4n) is 8.20. The summed E-state index contributed by atoms with van der Waals surface area (Å²) in [4.78, 5) is 21.6. The minimum atomic E-state index is 0.712. The van der Waals surface area contributed by atoms with Crippen molar-refractivity contribution in [2.75, 3.05) is 0 Å². The van der Waals surface area contributed by atoms with Crippen LogP contribution in [0.2, 0.25) is 0 Å². The minimum absolute atomic E-state index is 0.712. The Hall–Kier alpha value is -7.47. The van der Waals surface area contributed by atoms with Crippen LogP contribution in [-0.2, 0) is 0 Å². The summed E-state index contributed by atoms with van der Waals surface area (Å²) < 4.78 is 0. The van der Waals surface area contributed by atoms with Gasteiger partial charge < -0.3 is 0 Å². The van der Waals surface area contributed by atoms with Gasteiger partial charge >= 0.3 is 0 Å². The van der Waals surface area contributed by atoms with Gasteiger partial charge in [-0.1, -0.05) is 176 Å². The largest absolute Gasteiger partial charge is 0.236 e. The lowest BCUT2D eigenvalue weighted by Crippen LogP contribution is -1.94. The van der Waals surface area contributed by atoms with E-state index in [1.54, 1.807) is 0 Å². The summed E-state index contributed by atoms with van der Waals surface area (Å²) in [5.74, 6) is 1.42. The van der Waals surface area contributed by atoms with Crippen LogP contribution in [0.25, 0.3) is 100 Å². The van der Waals surface area contributed by atoms with Crippen molar-refractivity contribution in [1.29, 1.82) is 0 Å². The number of fused-ring (bicyclic) bond motifs is 11. The summed E-state index contributed by atoms with van der Waals surface area (Å²) in [6.45, 7) is 0. The molecule has 3 heterocycles. The van der Waals surface area contributed by atoms with E-state index in [1.807, 2.05) is 97.2 Å². The van der Waals surface area contributed by atoms with Crippen LogP contribution in [0.15, 0.2) is 217 Å². The second-order valence-electron chi connectivity index (χ2n) is 14.7. The van der Waals surface area contributed by atoms with Crippen molar-refractivity contribution in [3.63, 3.8) is 0 Å². The quantitative estimate of drug-likeness (QED) is 0.178. The highest BCUT2D eigenvalue weighted by Gasteiger charge is 2.23. The Kier molecular flexibility index (Phi) is 8.72. The van der Waals surface area contributed by atoms with Gasteiger partial charge in [0.15, 0.2) is 11.6 Å². The molecule has 10 aromatic rings. The van der Waals surface area contributed by atoms with Crippen LogP contribution >= 0.6 is 11.8 Å². The van der Waals surface area contributed by atoms with Gasteiger partial charge in [-0.05, 0) is 84.6 Å². The highest BCUT2D eigenvalue weighted by molar-refractivity contribution is 7.99. The highest BCUT2D eigenvalue weighted by Crippen LogP contribution is 2.51. The van der Waals surface area contributed by atoms with Gasteiger partial charge in [-0.2, -0.15) is 0 Å². The Morgan fingerprint density at radius 2 is 0.729 bits per heavy atom. The summed E-state index contributed by atoms with van der Waals surface area (Å²) in [6, 6.07) is 64.8. The molecule has 0 saturated carbocycles. The first-order valence-electron chi connectivity index (χ1n) is 19.7. The Morgan fingerprint density at radius 1 is 0.288 bits per heavy atom. The van der Waals surface area contributed by atoms with Gasteiger partial charge in [0.05, 0.1) is 0 Å². The van der Waals surface area contributed by atoms with Crippen LogP contribution in [0.1, 0.15) is 0 Å². The molecule has 0 atom stereocenters. The molecule has 4 nitrogen and oxygen atoms in total. The number of hydrogen-bond acceptors (Lipinski definition) is 5. The predicted octanol–water partition coefficient (Wildman–Crippen LogP) is 14.2. The van der Waals surface area contributed by atoms with Crippen LogP contribution in [0, 0.1) is 0 Å². The Morgan fingerprint density at radius 3 is 1.31 bits per heavy atom. The Labute approximate surface area is 347 Å². The van der Waals surface area contributed by atoms with E-state index < -0.39 is 0 Å². The molecule has 0 N–H and O–H groups in total. The fourth-order valence-corrected chi connectivity index (χ4v) is 9.43. The third kappa shape index (κ3) is 6.38. The molecule has 0 amide bonds. The zero-order valence-corrected chi connectivity index (χ0v) is 32.6. The number of rotatable bonds is 4. The van der Waals surface area contributed by atoms with E-state index in [2.05, 4.69) is 121 Å². The first-order valence-corrected chi connectivity index (χ1v) is 20.5. The predicted molar refractivity (Wildman–Crippen MR) is 243 cm³/mol. The summed E-state index contributed by atoms with van der Waals surface area (Å²) in [5, 5.41) is 2.42. The molecule has 59 heavy (non-hydrogen) atoms. The third-order valence-corrected chi connectivity index (χ3v) is 12.4. The average Bonchev–Trinajstić information content (AvgIpc) is 3.33. The normalized spacial score (nSPS) is 11.7. The number of aromatic nitrogens is 4. The van der Waals surface area contributed by atoms with Crippen LogP contribution < -0.4 is 0 Å². The van der Waals surface area contributed by atoms with Crippen molar-refractivity contribution in [2.24, 2.45) is 0 Å². The molecule has 8 aromatic carbocycles. The molecule has 5 heteroatoms. The maximum Gasteiger partial charge on any atom is 0.159 e. The van der Waals surface area contributed by atoms with E-state index in [9.17, 15) is 0 Å². The van der Waals surface area contributed by atoms with Crippen molar-refractivity contribution >= 4 is 22.5 Å². The topological polar surface area (TPSA) is 51.6 Å². The lowest BCUT2D eigenvalue weighted by Gasteiger charge is -2.19.